The molecule has 26 heavy (non-hydrogen) atoms. The number of likely N-dealkylation sites (tertiary alicyclic amines) is 1. The van der Waals surface area contributed by atoms with E-state index in [0.29, 0.717) is 18.7 Å². The van der Waals surface area contributed by atoms with Crippen molar-refractivity contribution in [3.8, 4) is 6.07 Å². The number of nitrogens with one attached hydrogen (secondary N) is 1. The molecule has 7 heteroatoms. The van der Waals surface area contributed by atoms with Crippen molar-refractivity contribution in [1.82, 2.24) is 15.3 Å². The third kappa shape index (κ3) is 5.96. The van der Waals surface area contributed by atoms with Gasteiger partial charge in [0.1, 0.15) is 5.60 Å². The third-order valence-electron chi connectivity index (χ3n) is 3.91. The van der Waals surface area contributed by atoms with Crippen molar-refractivity contribution in [3.63, 3.8) is 0 Å². The first-order valence-corrected chi connectivity index (χ1v) is 8.83. The molecule has 1 heterocycles. The second-order valence-corrected chi connectivity index (χ2v) is 7.34. The maximum atomic E-state index is 12.9. The van der Waals surface area contributed by atoms with Gasteiger partial charge in [-0.1, -0.05) is 12.1 Å². The zero-order chi connectivity index (χ0) is 19.2. The van der Waals surface area contributed by atoms with Gasteiger partial charge in [-0.3, -0.25) is 0 Å². The second kappa shape index (κ2) is 8.56. The highest BCUT2D eigenvalue weighted by atomic mass is 16.6. The lowest BCUT2D eigenvalue weighted by molar-refractivity contribution is 0.0331. The van der Waals surface area contributed by atoms with Crippen molar-refractivity contribution in [2.24, 2.45) is 0 Å². The first-order chi connectivity index (χ1) is 12.3. The molecule has 0 spiro atoms. The number of carbonyl (C=O) groups is 2. The molecular formula is C19H26N4O3. The molecule has 0 aliphatic carbocycles. The monoisotopic (exact) mass is 358 g/mol. The molecular weight excluding hydrogens is 332 g/mol. The summed E-state index contributed by atoms with van der Waals surface area (Å²) in [7, 11) is 0. The lowest BCUT2D eigenvalue weighted by Crippen LogP contribution is -2.53. The summed E-state index contributed by atoms with van der Waals surface area (Å²) in [5.74, 6) is 0. The zero-order valence-electron chi connectivity index (χ0n) is 15.6. The minimum absolute atomic E-state index is 0.195. The average Bonchev–Trinajstić information content (AvgIpc) is 2.60. The number of rotatable bonds is 2. The standard InChI is InChI=1S/C19H26N4O3/c1-19(2,3)26-17(24)21-23(18(25)22-11-5-4-6-12-22)14-16-9-7-15(13-20)8-10-16/h7-10H,4-6,11-12,14H2,1-3H3,(H,21,24). The summed E-state index contributed by atoms with van der Waals surface area (Å²) in [5, 5.41) is 10.2. The van der Waals surface area contributed by atoms with Gasteiger partial charge < -0.3 is 9.64 Å². The molecule has 0 unspecified atom stereocenters. The summed E-state index contributed by atoms with van der Waals surface area (Å²) in [6, 6.07) is 8.72. The van der Waals surface area contributed by atoms with E-state index < -0.39 is 11.7 Å². The Balaban J connectivity index is 2.12. The van der Waals surface area contributed by atoms with Crippen molar-refractivity contribution < 1.29 is 14.3 Å². The van der Waals surface area contributed by atoms with Gasteiger partial charge in [-0.15, -0.1) is 0 Å². The van der Waals surface area contributed by atoms with E-state index in [9.17, 15) is 9.59 Å². The van der Waals surface area contributed by atoms with Crippen LogP contribution >= 0.6 is 0 Å². The Morgan fingerprint density at radius 3 is 2.35 bits per heavy atom. The van der Waals surface area contributed by atoms with Crippen LogP contribution in [0, 0.1) is 11.3 Å². The number of amides is 3. The SMILES string of the molecule is CC(C)(C)OC(=O)NN(Cc1ccc(C#N)cc1)C(=O)N1CCCCC1. The molecule has 7 nitrogen and oxygen atoms in total. The highest BCUT2D eigenvalue weighted by Crippen LogP contribution is 2.14. The molecule has 1 aliphatic heterocycles. The van der Waals surface area contributed by atoms with Crippen LogP contribution < -0.4 is 5.43 Å². The van der Waals surface area contributed by atoms with Crippen molar-refractivity contribution >= 4 is 12.1 Å². The number of urea groups is 1. The Kier molecular flexibility index (Phi) is 6.45. The summed E-state index contributed by atoms with van der Waals surface area (Å²) in [6.45, 7) is 6.86. The third-order valence-corrected chi connectivity index (χ3v) is 3.91. The quantitative estimate of drug-likeness (QED) is 0.821. The molecule has 0 saturated carbocycles. The van der Waals surface area contributed by atoms with Crippen molar-refractivity contribution in [2.45, 2.75) is 52.2 Å². The number of nitrogens with zero attached hydrogens (tertiary/aromatic N) is 3. The number of hydrogen-bond donors (Lipinski definition) is 1. The molecule has 0 bridgehead atoms. The minimum Gasteiger partial charge on any atom is -0.443 e. The Morgan fingerprint density at radius 2 is 1.81 bits per heavy atom. The van der Waals surface area contributed by atoms with Crippen LogP contribution in [-0.4, -0.2) is 40.7 Å². The van der Waals surface area contributed by atoms with Gasteiger partial charge in [0.15, 0.2) is 0 Å². The van der Waals surface area contributed by atoms with Crippen molar-refractivity contribution in [3.05, 3.63) is 35.4 Å². The number of carbonyl (C=O) groups excluding carboxylic acids is 2. The van der Waals surface area contributed by atoms with Crippen LogP contribution in [0.4, 0.5) is 9.59 Å². The van der Waals surface area contributed by atoms with Gasteiger partial charge >= 0.3 is 12.1 Å². The Bertz CT molecular complexity index is 668. The van der Waals surface area contributed by atoms with E-state index in [4.69, 9.17) is 10.00 Å². The average molecular weight is 358 g/mol. The van der Waals surface area contributed by atoms with E-state index in [2.05, 4.69) is 11.5 Å². The van der Waals surface area contributed by atoms with Crippen LogP contribution in [0.2, 0.25) is 0 Å². The number of benzene rings is 1. The first kappa shape index (κ1) is 19.6. The topological polar surface area (TPSA) is 85.7 Å². The predicted molar refractivity (Wildman–Crippen MR) is 96.9 cm³/mol. The molecule has 3 amide bonds. The fourth-order valence-corrected chi connectivity index (χ4v) is 2.69. The Hall–Kier alpha value is -2.75. The summed E-state index contributed by atoms with van der Waals surface area (Å²) >= 11 is 0. The molecule has 1 fully saturated rings. The van der Waals surface area contributed by atoms with E-state index in [-0.39, 0.29) is 12.6 Å². The summed E-state index contributed by atoms with van der Waals surface area (Å²) in [6.07, 6.45) is 2.36. The van der Waals surface area contributed by atoms with Gasteiger partial charge in [0.25, 0.3) is 0 Å². The van der Waals surface area contributed by atoms with Crippen LogP contribution in [0.5, 0.6) is 0 Å². The van der Waals surface area contributed by atoms with Crippen LogP contribution in [0.15, 0.2) is 24.3 Å². The van der Waals surface area contributed by atoms with Gasteiger partial charge in [0, 0.05) is 13.1 Å². The van der Waals surface area contributed by atoms with Crippen LogP contribution in [-0.2, 0) is 11.3 Å². The van der Waals surface area contributed by atoms with Crippen LogP contribution in [0.1, 0.15) is 51.2 Å². The molecule has 0 atom stereocenters. The fourth-order valence-electron chi connectivity index (χ4n) is 2.69. The van der Waals surface area contributed by atoms with E-state index in [1.165, 1.54) is 5.01 Å². The van der Waals surface area contributed by atoms with E-state index >= 15 is 0 Å². The summed E-state index contributed by atoms with van der Waals surface area (Å²) in [5.41, 5.74) is 3.26. The molecule has 1 aromatic rings. The largest absolute Gasteiger partial charge is 0.443 e. The normalized spacial score (nSPS) is 14.3. The van der Waals surface area contributed by atoms with Gasteiger partial charge in [0.2, 0.25) is 0 Å². The molecule has 140 valence electrons. The number of hydrazine groups is 1. The van der Waals surface area contributed by atoms with Crippen molar-refractivity contribution in [1.29, 1.82) is 5.26 Å². The molecule has 0 radical (unpaired) electrons. The molecule has 1 saturated heterocycles. The van der Waals surface area contributed by atoms with Gasteiger partial charge in [-0.2, -0.15) is 5.26 Å². The maximum absolute atomic E-state index is 12.9. The number of ether oxygens (including phenoxy) is 1. The van der Waals surface area contributed by atoms with Crippen molar-refractivity contribution in [2.75, 3.05) is 13.1 Å². The predicted octanol–water partition coefficient (Wildman–Crippen LogP) is 3.41. The smallest absolute Gasteiger partial charge is 0.426 e. The highest BCUT2D eigenvalue weighted by molar-refractivity contribution is 5.78. The van der Waals surface area contributed by atoms with Crippen LogP contribution in [0.25, 0.3) is 0 Å². The molecule has 1 aliphatic rings. The van der Waals surface area contributed by atoms with E-state index in [1.54, 1.807) is 49.9 Å². The molecule has 0 aromatic heterocycles. The lowest BCUT2D eigenvalue weighted by Gasteiger charge is -2.33. The Labute approximate surface area is 154 Å². The number of piperidine rings is 1. The molecule has 1 N–H and O–H groups in total. The van der Waals surface area contributed by atoms with E-state index in [1.807, 2.05) is 0 Å². The van der Waals surface area contributed by atoms with E-state index in [0.717, 1.165) is 24.8 Å². The summed E-state index contributed by atoms with van der Waals surface area (Å²) in [4.78, 5) is 26.8. The second-order valence-electron chi connectivity index (χ2n) is 7.34. The maximum Gasteiger partial charge on any atom is 0.426 e. The summed E-state index contributed by atoms with van der Waals surface area (Å²) < 4.78 is 5.27. The highest BCUT2D eigenvalue weighted by Gasteiger charge is 2.26. The number of nitriles is 1. The van der Waals surface area contributed by atoms with Gasteiger partial charge in [0.05, 0.1) is 18.2 Å². The number of hydrogen-bond acceptors (Lipinski definition) is 4. The molecule has 2 rings (SSSR count). The van der Waals surface area contributed by atoms with Gasteiger partial charge in [-0.05, 0) is 57.7 Å². The minimum atomic E-state index is -0.670. The Morgan fingerprint density at radius 1 is 1.19 bits per heavy atom. The lowest BCUT2D eigenvalue weighted by atomic mass is 10.1. The molecule has 1 aromatic carbocycles. The van der Waals surface area contributed by atoms with Gasteiger partial charge in [-0.25, -0.2) is 20.0 Å². The zero-order valence-corrected chi connectivity index (χ0v) is 15.6. The van der Waals surface area contributed by atoms with Crippen LogP contribution in [0.3, 0.4) is 0 Å². The fraction of sp³-hybridized carbons (Fsp3) is 0.526. The first-order valence-electron chi connectivity index (χ1n) is 8.83.